The summed E-state index contributed by atoms with van der Waals surface area (Å²) in [5, 5.41) is 3.92. The third kappa shape index (κ3) is 5.84. The lowest BCUT2D eigenvalue weighted by atomic mass is 10.2. The Morgan fingerprint density at radius 3 is 2.21 bits per heavy atom. The summed E-state index contributed by atoms with van der Waals surface area (Å²) in [4.78, 5) is 12.6. The Kier molecular flexibility index (Phi) is 8.10. The second-order valence-electron chi connectivity index (χ2n) is 6.93. The number of amides is 1. The molecule has 0 unspecified atom stereocenters. The number of rotatable bonds is 10. The van der Waals surface area contributed by atoms with Crippen molar-refractivity contribution in [3.05, 3.63) is 78.4 Å². The fourth-order valence-electron chi connectivity index (χ4n) is 3.05. The maximum Gasteiger partial charge on any atom is 0.264 e. The van der Waals surface area contributed by atoms with E-state index in [-0.39, 0.29) is 16.3 Å². The zero-order chi connectivity index (χ0) is 24.6. The number of sulfonamides is 1. The van der Waals surface area contributed by atoms with Crippen LogP contribution < -0.4 is 23.9 Å². The molecule has 34 heavy (non-hydrogen) atoms. The van der Waals surface area contributed by atoms with Crippen molar-refractivity contribution in [1.29, 1.82) is 0 Å². The number of benzene rings is 3. The van der Waals surface area contributed by atoms with E-state index >= 15 is 0 Å². The van der Waals surface area contributed by atoms with Crippen molar-refractivity contribution in [3.8, 4) is 17.2 Å². The predicted molar refractivity (Wildman–Crippen MR) is 129 cm³/mol. The fraction of sp³-hybridized carbons (Fsp3) is 0.167. The van der Waals surface area contributed by atoms with Gasteiger partial charge in [0.05, 0.1) is 38.1 Å². The Morgan fingerprint density at radius 2 is 1.59 bits per heavy atom. The highest BCUT2D eigenvalue weighted by molar-refractivity contribution is 7.92. The number of nitrogens with one attached hydrogen (secondary N) is 1. The lowest BCUT2D eigenvalue weighted by Crippen LogP contribution is -2.39. The van der Waals surface area contributed by atoms with Gasteiger partial charge in [-0.25, -0.2) is 13.8 Å². The summed E-state index contributed by atoms with van der Waals surface area (Å²) in [6.45, 7) is -0.505. The average molecular weight is 484 g/mol. The Hall–Kier alpha value is -4.05. The first kappa shape index (κ1) is 24.6. The molecule has 0 saturated carbocycles. The molecular formula is C24H25N3O6S. The Labute approximate surface area is 198 Å². The number of ether oxygens (including phenoxy) is 3. The second kappa shape index (κ2) is 11.2. The minimum atomic E-state index is -4.16. The van der Waals surface area contributed by atoms with Crippen LogP contribution in [0.5, 0.6) is 17.2 Å². The van der Waals surface area contributed by atoms with Crippen LogP contribution in [0.25, 0.3) is 0 Å². The topological polar surface area (TPSA) is 107 Å². The van der Waals surface area contributed by atoms with Crippen LogP contribution in [-0.4, -0.2) is 48.4 Å². The number of nitrogens with zero attached hydrogens (tertiary/aromatic N) is 2. The molecule has 0 heterocycles. The minimum Gasteiger partial charge on any atom is -0.497 e. The highest BCUT2D eigenvalue weighted by atomic mass is 32.2. The van der Waals surface area contributed by atoms with Gasteiger partial charge in [0.2, 0.25) is 0 Å². The molecular weight excluding hydrogens is 458 g/mol. The monoisotopic (exact) mass is 483 g/mol. The van der Waals surface area contributed by atoms with Crippen LogP contribution >= 0.6 is 0 Å². The lowest BCUT2D eigenvalue weighted by molar-refractivity contribution is -0.119. The molecule has 0 atom stereocenters. The van der Waals surface area contributed by atoms with Gasteiger partial charge in [-0.1, -0.05) is 30.3 Å². The van der Waals surface area contributed by atoms with Gasteiger partial charge in [-0.15, -0.1) is 0 Å². The third-order valence-corrected chi connectivity index (χ3v) is 6.56. The van der Waals surface area contributed by atoms with Crippen LogP contribution in [0.4, 0.5) is 5.69 Å². The van der Waals surface area contributed by atoms with Gasteiger partial charge in [-0.3, -0.25) is 9.10 Å². The first-order chi connectivity index (χ1) is 16.4. The number of hydrogen-bond donors (Lipinski definition) is 1. The fourth-order valence-corrected chi connectivity index (χ4v) is 4.49. The first-order valence-corrected chi connectivity index (χ1v) is 11.6. The van der Waals surface area contributed by atoms with E-state index in [1.807, 2.05) is 30.3 Å². The maximum atomic E-state index is 13.6. The van der Waals surface area contributed by atoms with Gasteiger partial charge < -0.3 is 14.2 Å². The Morgan fingerprint density at radius 1 is 0.912 bits per heavy atom. The summed E-state index contributed by atoms with van der Waals surface area (Å²) in [5.41, 5.74) is 3.43. The summed E-state index contributed by atoms with van der Waals surface area (Å²) in [6.07, 6.45) is 1.47. The Bertz CT molecular complexity index is 1250. The number of methoxy groups -OCH3 is 3. The maximum absolute atomic E-state index is 13.6. The molecule has 0 aliphatic carbocycles. The molecule has 0 saturated heterocycles. The van der Waals surface area contributed by atoms with Gasteiger partial charge in [0.15, 0.2) is 11.5 Å². The molecule has 3 aromatic carbocycles. The van der Waals surface area contributed by atoms with E-state index in [1.165, 1.54) is 45.7 Å². The standard InChI is InChI=1S/C24H25N3O6S/c1-31-20-11-9-19(10-12-20)27(17-24(28)26-25-16-18-7-5-4-6-8-18)34(29,30)21-13-14-22(32-2)23(15-21)33-3/h4-16H,17H2,1-3H3,(H,26,28)/b25-16-. The van der Waals surface area contributed by atoms with Gasteiger partial charge in [0.25, 0.3) is 15.9 Å². The number of carbonyl (C=O) groups is 1. The molecule has 0 spiro atoms. The molecule has 1 N–H and O–H groups in total. The van der Waals surface area contributed by atoms with E-state index in [0.29, 0.717) is 11.5 Å². The average Bonchev–Trinajstić information content (AvgIpc) is 2.87. The van der Waals surface area contributed by atoms with E-state index in [2.05, 4.69) is 10.5 Å². The van der Waals surface area contributed by atoms with Gasteiger partial charge >= 0.3 is 0 Å². The number of anilines is 1. The highest BCUT2D eigenvalue weighted by Gasteiger charge is 2.28. The third-order valence-electron chi connectivity index (χ3n) is 4.79. The van der Waals surface area contributed by atoms with Crippen molar-refractivity contribution < 1.29 is 27.4 Å². The van der Waals surface area contributed by atoms with Crippen LogP contribution in [0.1, 0.15) is 5.56 Å². The minimum absolute atomic E-state index is 0.0680. The van der Waals surface area contributed by atoms with Crippen LogP contribution in [0.2, 0.25) is 0 Å². The van der Waals surface area contributed by atoms with Crippen LogP contribution in [0.3, 0.4) is 0 Å². The summed E-state index contributed by atoms with van der Waals surface area (Å²) < 4.78 is 43.7. The van der Waals surface area contributed by atoms with Crippen molar-refractivity contribution in [2.75, 3.05) is 32.2 Å². The predicted octanol–water partition coefficient (Wildman–Crippen LogP) is 3.06. The molecule has 178 valence electrons. The molecule has 0 fully saturated rings. The highest BCUT2D eigenvalue weighted by Crippen LogP contribution is 2.32. The zero-order valence-corrected chi connectivity index (χ0v) is 19.8. The molecule has 0 aliphatic rings. The van der Waals surface area contributed by atoms with Gasteiger partial charge in [-0.05, 0) is 42.0 Å². The van der Waals surface area contributed by atoms with E-state index in [0.717, 1.165) is 9.87 Å². The van der Waals surface area contributed by atoms with E-state index in [1.54, 1.807) is 24.3 Å². The van der Waals surface area contributed by atoms with Gasteiger partial charge in [0.1, 0.15) is 12.3 Å². The van der Waals surface area contributed by atoms with Crippen molar-refractivity contribution in [2.24, 2.45) is 5.10 Å². The molecule has 0 radical (unpaired) electrons. The number of carbonyl (C=O) groups excluding carboxylic acids is 1. The van der Waals surface area contributed by atoms with Crippen LogP contribution in [-0.2, 0) is 14.8 Å². The van der Waals surface area contributed by atoms with Crippen molar-refractivity contribution >= 4 is 27.8 Å². The van der Waals surface area contributed by atoms with Crippen molar-refractivity contribution in [2.45, 2.75) is 4.90 Å². The number of hydrogen-bond acceptors (Lipinski definition) is 7. The Balaban J connectivity index is 1.91. The quantitative estimate of drug-likeness (QED) is 0.351. The van der Waals surface area contributed by atoms with E-state index < -0.39 is 22.5 Å². The molecule has 10 heteroatoms. The summed E-state index contributed by atoms with van der Waals surface area (Å²) in [7, 11) is 0.211. The van der Waals surface area contributed by atoms with Crippen molar-refractivity contribution in [3.63, 3.8) is 0 Å². The summed E-state index contributed by atoms with van der Waals surface area (Å²) in [6, 6.07) is 19.7. The molecule has 0 bridgehead atoms. The van der Waals surface area contributed by atoms with E-state index in [4.69, 9.17) is 14.2 Å². The van der Waals surface area contributed by atoms with Crippen LogP contribution in [0, 0.1) is 0 Å². The molecule has 9 nitrogen and oxygen atoms in total. The molecule has 1 amide bonds. The normalized spacial score (nSPS) is 11.1. The second-order valence-corrected chi connectivity index (χ2v) is 8.79. The smallest absolute Gasteiger partial charge is 0.264 e. The molecule has 0 aliphatic heterocycles. The summed E-state index contributed by atoms with van der Waals surface area (Å²) >= 11 is 0. The zero-order valence-electron chi connectivity index (χ0n) is 19.0. The van der Waals surface area contributed by atoms with Crippen LogP contribution in [0.15, 0.2) is 82.8 Å². The number of hydrazone groups is 1. The molecule has 0 aromatic heterocycles. The summed E-state index contributed by atoms with van der Waals surface area (Å²) in [5.74, 6) is 0.553. The SMILES string of the molecule is COc1ccc(N(CC(=O)N/N=C\c2ccccc2)S(=O)(=O)c2ccc(OC)c(OC)c2)cc1. The largest absolute Gasteiger partial charge is 0.497 e. The van der Waals surface area contributed by atoms with Gasteiger partial charge in [0, 0.05) is 6.07 Å². The first-order valence-electron chi connectivity index (χ1n) is 10.1. The lowest BCUT2D eigenvalue weighted by Gasteiger charge is -2.24. The van der Waals surface area contributed by atoms with Gasteiger partial charge in [-0.2, -0.15) is 5.10 Å². The van der Waals surface area contributed by atoms with E-state index in [9.17, 15) is 13.2 Å². The molecule has 3 aromatic rings. The van der Waals surface area contributed by atoms with Crippen molar-refractivity contribution in [1.82, 2.24) is 5.43 Å². The molecule has 3 rings (SSSR count).